The van der Waals surface area contributed by atoms with E-state index in [0.29, 0.717) is 12.0 Å². The zero-order valence-electron chi connectivity index (χ0n) is 9.54. The molecule has 2 aromatic rings. The van der Waals surface area contributed by atoms with Gasteiger partial charge < -0.3 is 5.73 Å². The van der Waals surface area contributed by atoms with Gasteiger partial charge in [0.15, 0.2) is 0 Å². The van der Waals surface area contributed by atoms with Gasteiger partial charge in [0, 0.05) is 15.0 Å². The number of rotatable bonds is 3. The molecule has 1 atom stereocenters. The summed E-state index contributed by atoms with van der Waals surface area (Å²) in [5, 5.41) is 0. The molecule has 0 aliphatic heterocycles. The number of benzene rings is 2. The highest BCUT2D eigenvalue weighted by Crippen LogP contribution is 2.25. The number of nitrogens with two attached hydrogens (primary N) is 1. The third-order valence-electron chi connectivity index (χ3n) is 2.76. The van der Waals surface area contributed by atoms with Crippen molar-refractivity contribution in [3.05, 3.63) is 68.4 Å². The van der Waals surface area contributed by atoms with E-state index in [1.807, 2.05) is 30.3 Å². The molecular formula is C14H12Br2FN. The Morgan fingerprint density at radius 2 is 1.83 bits per heavy atom. The Kier molecular flexibility index (Phi) is 4.54. The Hall–Kier alpha value is -0.710. The molecule has 4 heteroatoms. The normalized spacial score (nSPS) is 12.4. The Bertz CT molecular complexity index is 557. The van der Waals surface area contributed by atoms with Crippen molar-refractivity contribution in [2.75, 3.05) is 0 Å². The lowest BCUT2D eigenvalue weighted by Crippen LogP contribution is -2.14. The number of halogens is 3. The maximum Gasteiger partial charge on any atom is 0.127 e. The summed E-state index contributed by atoms with van der Waals surface area (Å²) >= 11 is 6.70. The fraction of sp³-hybridized carbons (Fsp3) is 0.143. The van der Waals surface area contributed by atoms with Crippen LogP contribution in [0, 0.1) is 5.82 Å². The van der Waals surface area contributed by atoms with E-state index < -0.39 is 0 Å². The van der Waals surface area contributed by atoms with Gasteiger partial charge in [0.05, 0.1) is 0 Å². The number of hydrogen-bond donors (Lipinski definition) is 1. The van der Waals surface area contributed by atoms with Crippen LogP contribution < -0.4 is 5.73 Å². The molecule has 1 unspecified atom stereocenters. The SMILES string of the molecule is NC(Cc1ccc(Br)cc1F)c1ccccc1Br. The second-order valence-corrected chi connectivity index (χ2v) is 5.84. The molecule has 94 valence electrons. The van der Waals surface area contributed by atoms with Crippen LogP contribution >= 0.6 is 31.9 Å². The van der Waals surface area contributed by atoms with E-state index in [4.69, 9.17) is 5.73 Å². The highest BCUT2D eigenvalue weighted by atomic mass is 79.9. The smallest absolute Gasteiger partial charge is 0.127 e. The van der Waals surface area contributed by atoms with Gasteiger partial charge in [-0.15, -0.1) is 0 Å². The highest BCUT2D eigenvalue weighted by Gasteiger charge is 2.12. The highest BCUT2D eigenvalue weighted by molar-refractivity contribution is 9.10. The summed E-state index contributed by atoms with van der Waals surface area (Å²) in [6.07, 6.45) is 0.474. The summed E-state index contributed by atoms with van der Waals surface area (Å²) < 4.78 is 15.4. The summed E-state index contributed by atoms with van der Waals surface area (Å²) in [5.41, 5.74) is 7.74. The molecule has 2 rings (SSSR count). The first-order valence-corrected chi connectivity index (χ1v) is 7.10. The Morgan fingerprint density at radius 3 is 2.50 bits per heavy atom. The van der Waals surface area contributed by atoms with Crippen molar-refractivity contribution in [2.45, 2.75) is 12.5 Å². The van der Waals surface area contributed by atoms with Gasteiger partial charge in [-0.3, -0.25) is 0 Å². The zero-order chi connectivity index (χ0) is 13.1. The van der Waals surface area contributed by atoms with Gasteiger partial charge in [0.2, 0.25) is 0 Å². The van der Waals surface area contributed by atoms with Crippen LogP contribution in [0.2, 0.25) is 0 Å². The van der Waals surface area contributed by atoms with E-state index in [0.717, 1.165) is 14.5 Å². The summed E-state index contributed by atoms with van der Waals surface area (Å²) in [4.78, 5) is 0. The van der Waals surface area contributed by atoms with Crippen LogP contribution in [0.1, 0.15) is 17.2 Å². The molecule has 0 aliphatic rings. The first-order valence-electron chi connectivity index (χ1n) is 5.52. The average molecular weight is 373 g/mol. The second-order valence-electron chi connectivity index (χ2n) is 4.07. The molecule has 2 N–H and O–H groups in total. The summed E-state index contributed by atoms with van der Waals surface area (Å²) in [6, 6.07) is 12.6. The van der Waals surface area contributed by atoms with Crippen LogP contribution in [0.5, 0.6) is 0 Å². The lowest BCUT2D eigenvalue weighted by molar-refractivity contribution is 0.592. The van der Waals surface area contributed by atoms with E-state index in [9.17, 15) is 4.39 Å². The molecule has 0 amide bonds. The Balaban J connectivity index is 2.21. The fourth-order valence-electron chi connectivity index (χ4n) is 1.81. The predicted molar refractivity (Wildman–Crippen MR) is 78.9 cm³/mol. The van der Waals surface area contributed by atoms with Gasteiger partial charge in [-0.05, 0) is 35.7 Å². The van der Waals surface area contributed by atoms with Crippen LogP contribution in [0.25, 0.3) is 0 Å². The molecule has 0 aromatic heterocycles. The molecule has 0 bridgehead atoms. The molecule has 0 radical (unpaired) electrons. The van der Waals surface area contributed by atoms with Gasteiger partial charge in [-0.1, -0.05) is 56.1 Å². The van der Waals surface area contributed by atoms with Gasteiger partial charge in [0.25, 0.3) is 0 Å². The molecule has 0 aliphatic carbocycles. The molecule has 0 fully saturated rings. The van der Waals surface area contributed by atoms with Crippen molar-refractivity contribution in [2.24, 2.45) is 5.73 Å². The van der Waals surface area contributed by atoms with E-state index >= 15 is 0 Å². The average Bonchev–Trinajstić information content (AvgIpc) is 2.33. The molecule has 1 nitrogen and oxygen atoms in total. The zero-order valence-corrected chi connectivity index (χ0v) is 12.7. The molecule has 0 heterocycles. The van der Waals surface area contributed by atoms with E-state index in [-0.39, 0.29) is 11.9 Å². The van der Waals surface area contributed by atoms with Gasteiger partial charge in [-0.25, -0.2) is 4.39 Å². The van der Waals surface area contributed by atoms with Crippen LogP contribution in [0.15, 0.2) is 51.4 Å². The van der Waals surface area contributed by atoms with Gasteiger partial charge in [-0.2, -0.15) is 0 Å². The van der Waals surface area contributed by atoms with E-state index in [1.54, 1.807) is 6.07 Å². The minimum atomic E-state index is -0.230. The van der Waals surface area contributed by atoms with Gasteiger partial charge >= 0.3 is 0 Å². The molecular weight excluding hydrogens is 361 g/mol. The Morgan fingerprint density at radius 1 is 1.11 bits per heavy atom. The molecule has 2 aromatic carbocycles. The molecule has 0 spiro atoms. The van der Waals surface area contributed by atoms with Crippen molar-refractivity contribution < 1.29 is 4.39 Å². The van der Waals surface area contributed by atoms with Crippen molar-refractivity contribution in [3.8, 4) is 0 Å². The minimum absolute atomic E-state index is 0.226. The van der Waals surface area contributed by atoms with Crippen LogP contribution in [-0.2, 0) is 6.42 Å². The van der Waals surface area contributed by atoms with Crippen LogP contribution in [0.4, 0.5) is 4.39 Å². The Labute approximate surface area is 122 Å². The van der Waals surface area contributed by atoms with Crippen molar-refractivity contribution in [1.82, 2.24) is 0 Å². The summed E-state index contributed by atoms with van der Waals surface area (Å²) in [6.45, 7) is 0. The maximum atomic E-state index is 13.7. The monoisotopic (exact) mass is 371 g/mol. The first kappa shape index (κ1) is 13.7. The number of hydrogen-bond acceptors (Lipinski definition) is 1. The molecule has 18 heavy (non-hydrogen) atoms. The molecule has 0 saturated carbocycles. The first-order chi connectivity index (χ1) is 8.58. The lowest BCUT2D eigenvalue weighted by Gasteiger charge is -2.14. The summed E-state index contributed by atoms with van der Waals surface area (Å²) in [7, 11) is 0. The van der Waals surface area contributed by atoms with Crippen LogP contribution in [-0.4, -0.2) is 0 Å². The predicted octanol–water partition coefficient (Wildman–Crippen LogP) is 4.59. The van der Waals surface area contributed by atoms with Crippen molar-refractivity contribution in [1.29, 1.82) is 0 Å². The van der Waals surface area contributed by atoms with Crippen LogP contribution in [0.3, 0.4) is 0 Å². The third-order valence-corrected chi connectivity index (χ3v) is 3.98. The standard InChI is InChI=1S/C14H12Br2FN/c15-10-6-5-9(13(17)8-10)7-14(18)11-3-1-2-4-12(11)16/h1-6,8,14H,7,18H2. The van der Waals surface area contributed by atoms with E-state index in [1.165, 1.54) is 6.07 Å². The fourth-order valence-corrected chi connectivity index (χ4v) is 2.72. The molecule has 0 saturated heterocycles. The van der Waals surface area contributed by atoms with E-state index in [2.05, 4.69) is 31.9 Å². The topological polar surface area (TPSA) is 26.0 Å². The van der Waals surface area contributed by atoms with Crippen molar-refractivity contribution >= 4 is 31.9 Å². The summed E-state index contributed by atoms with van der Waals surface area (Å²) in [5.74, 6) is -0.230. The lowest BCUT2D eigenvalue weighted by atomic mass is 9.99. The van der Waals surface area contributed by atoms with Crippen molar-refractivity contribution in [3.63, 3.8) is 0 Å². The second kappa shape index (κ2) is 5.95. The van der Waals surface area contributed by atoms with Gasteiger partial charge in [0.1, 0.15) is 5.82 Å². The largest absolute Gasteiger partial charge is 0.324 e. The maximum absolute atomic E-state index is 13.7. The quantitative estimate of drug-likeness (QED) is 0.837. The third kappa shape index (κ3) is 3.19. The minimum Gasteiger partial charge on any atom is -0.324 e.